The van der Waals surface area contributed by atoms with Crippen LogP contribution < -0.4 is 13.9 Å². The number of halogens is 6. The van der Waals surface area contributed by atoms with Gasteiger partial charge in [0.2, 0.25) is 0 Å². The summed E-state index contributed by atoms with van der Waals surface area (Å²) in [6, 6.07) is 15.3. The number of benzene rings is 3. The van der Waals surface area contributed by atoms with E-state index in [0.29, 0.717) is 11.6 Å². The van der Waals surface area contributed by atoms with Gasteiger partial charge in [0.25, 0.3) is 8.32 Å². The minimum atomic E-state index is -4.91. The molecule has 0 radical (unpaired) electrons. The van der Waals surface area contributed by atoms with Gasteiger partial charge in [0.15, 0.2) is 5.82 Å². The summed E-state index contributed by atoms with van der Waals surface area (Å²) in [5, 5.41) is -0.238. The van der Waals surface area contributed by atoms with Gasteiger partial charge < -0.3 is 13.7 Å². The Morgan fingerprint density at radius 1 is 0.864 bits per heavy atom. The quantitative estimate of drug-likeness (QED) is 0.127. The second-order valence-corrected chi connectivity index (χ2v) is 19.9. The van der Waals surface area contributed by atoms with Gasteiger partial charge in [0, 0.05) is 23.8 Å². The number of hydrogen-bond acceptors (Lipinski definition) is 4. The Hall–Kier alpha value is -2.67. The molecule has 3 rings (SSSR count). The Morgan fingerprint density at radius 2 is 1.48 bits per heavy atom. The second-order valence-electron chi connectivity index (χ2n) is 13.2. The first-order chi connectivity index (χ1) is 20.1. The van der Waals surface area contributed by atoms with Crippen molar-refractivity contribution in [3.63, 3.8) is 0 Å². The highest BCUT2D eigenvalue weighted by atomic mass is 32.2. The fourth-order valence-electron chi connectivity index (χ4n) is 4.08. The van der Waals surface area contributed by atoms with Crippen LogP contribution in [0.4, 0.5) is 26.3 Å². The highest BCUT2D eigenvalue weighted by Crippen LogP contribution is 2.42. The Bertz CT molecular complexity index is 1430. The van der Waals surface area contributed by atoms with Gasteiger partial charge in [-0.3, -0.25) is 0 Å². The first kappa shape index (κ1) is 35.8. The molecule has 4 nitrogen and oxygen atoms in total. The van der Waals surface area contributed by atoms with Crippen LogP contribution in [-0.2, 0) is 23.3 Å². The number of rotatable bonds is 11. The van der Waals surface area contributed by atoms with Crippen molar-refractivity contribution in [2.24, 2.45) is 0 Å². The van der Waals surface area contributed by atoms with Crippen LogP contribution in [0.25, 0.3) is 0 Å². The Kier molecular flexibility index (Phi) is 10.6. The summed E-state index contributed by atoms with van der Waals surface area (Å²) in [4.78, 5) is 0. The predicted octanol–water partition coefficient (Wildman–Crippen LogP) is 9.12. The fraction of sp³-hybridized carbons (Fsp3) is 0.438. The van der Waals surface area contributed by atoms with Crippen molar-refractivity contribution in [3.05, 3.63) is 95.1 Å². The molecule has 0 aliphatic rings. The van der Waals surface area contributed by atoms with Crippen molar-refractivity contribution in [1.82, 2.24) is 4.72 Å². The normalized spacial score (nSPS) is 15.2. The molecule has 0 spiro atoms. The van der Waals surface area contributed by atoms with Crippen LogP contribution in [0.2, 0.25) is 18.1 Å². The molecule has 0 heterocycles. The smallest absolute Gasteiger partial charge is 0.461 e. The summed E-state index contributed by atoms with van der Waals surface area (Å²) in [5.41, 5.74) is -1.03. The molecule has 12 heteroatoms. The summed E-state index contributed by atoms with van der Waals surface area (Å²) in [6.07, 6.45) is -9.16. The van der Waals surface area contributed by atoms with Gasteiger partial charge in [-0.2, -0.15) is 17.6 Å². The maximum Gasteiger partial charge on any atom is 0.461 e. The molecule has 2 atom stereocenters. The molecule has 3 aromatic carbocycles. The van der Waals surface area contributed by atoms with Crippen molar-refractivity contribution in [2.75, 3.05) is 0 Å². The number of hydrogen-bond donors (Lipinski definition) is 1. The molecular formula is C32H39F6NO3SSi. The van der Waals surface area contributed by atoms with Gasteiger partial charge in [-0.25, -0.2) is 8.78 Å². The average molecular weight is 660 g/mol. The van der Waals surface area contributed by atoms with Crippen molar-refractivity contribution in [1.29, 1.82) is 0 Å². The SMILES string of the molecule is CC(C)(C)[S+]([O-])NC(Cc1ccccc1)(c1cc(F)cc(OC(F)(F)C(F)F)c1)c1ccc(O[Si](C)(C)C(C)(C)C)c(F)c1. The van der Waals surface area contributed by atoms with Gasteiger partial charge in [0.1, 0.15) is 27.6 Å². The molecule has 3 aromatic rings. The average Bonchev–Trinajstić information content (AvgIpc) is 2.88. The Morgan fingerprint density at radius 3 is 2.00 bits per heavy atom. The van der Waals surface area contributed by atoms with Crippen LogP contribution in [0.15, 0.2) is 66.7 Å². The maximum absolute atomic E-state index is 15.9. The number of nitrogens with one attached hydrogen (secondary N) is 1. The van der Waals surface area contributed by atoms with E-state index in [4.69, 9.17) is 4.43 Å². The van der Waals surface area contributed by atoms with Crippen LogP contribution in [-0.4, -0.2) is 30.2 Å². The lowest BCUT2D eigenvalue weighted by atomic mass is 9.78. The minimum Gasteiger partial charge on any atom is -0.598 e. The van der Waals surface area contributed by atoms with Crippen LogP contribution in [0.3, 0.4) is 0 Å². The molecule has 0 saturated carbocycles. The van der Waals surface area contributed by atoms with E-state index < -0.39 is 59.9 Å². The van der Waals surface area contributed by atoms with Crippen molar-refractivity contribution in [2.45, 2.75) is 88.9 Å². The zero-order chi connectivity index (χ0) is 33.3. The first-order valence-corrected chi connectivity index (χ1v) is 18.0. The molecule has 242 valence electrons. The molecule has 0 bridgehead atoms. The number of ether oxygens (including phenoxy) is 1. The van der Waals surface area contributed by atoms with Gasteiger partial charge >= 0.3 is 12.5 Å². The zero-order valence-corrected chi connectivity index (χ0v) is 27.9. The van der Waals surface area contributed by atoms with Gasteiger partial charge in [-0.15, -0.1) is 4.72 Å². The third kappa shape index (κ3) is 8.32. The lowest BCUT2D eigenvalue weighted by molar-refractivity contribution is -0.253. The lowest BCUT2D eigenvalue weighted by Gasteiger charge is -2.39. The Balaban J connectivity index is 2.32. The third-order valence-electron chi connectivity index (χ3n) is 7.60. The minimum absolute atomic E-state index is 0.00858. The van der Waals surface area contributed by atoms with E-state index in [0.717, 1.165) is 18.2 Å². The van der Waals surface area contributed by atoms with E-state index in [1.807, 2.05) is 33.9 Å². The molecule has 2 unspecified atom stereocenters. The predicted molar refractivity (Wildman–Crippen MR) is 164 cm³/mol. The standard InChI is InChI=1S/C32H39F6NO3SSi/c1-29(2,3)43(40)39-31(20-21-12-10-9-11-13-21,23-16-24(33)19-25(17-23)41-32(37,38)28(35)36)22-14-15-27(26(34)18-22)42-44(7,8)30(4,5)6/h9-19,28,39H,20H2,1-8H3. The third-order valence-corrected chi connectivity index (χ3v) is 13.6. The molecule has 0 aliphatic carbocycles. The summed E-state index contributed by atoms with van der Waals surface area (Å²) >= 11 is -1.89. The highest BCUT2D eigenvalue weighted by Gasteiger charge is 2.46. The van der Waals surface area contributed by atoms with E-state index in [1.54, 1.807) is 51.1 Å². The topological polar surface area (TPSA) is 53.5 Å². The van der Waals surface area contributed by atoms with Crippen LogP contribution in [0, 0.1) is 11.6 Å². The fourth-order valence-corrected chi connectivity index (χ4v) is 6.04. The highest BCUT2D eigenvalue weighted by molar-refractivity contribution is 7.90. The molecule has 44 heavy (non-hydrogen) atoms. The van der Waals surface area contributed by atoms with Crippen LogP contribution in [0.5, 0.6) is 11.5 Å². The lowest BCUT2D eigenvalue weighted by Crippen LogP contribution is -2.53. The zero-order valence-electron chi connectivity index (χ0n) is 26.0. The molecule has 0 amide bonds. The molecular weight excluding hydrogens is 620 g/mol. The summed E-state index contributed by atoms with van der Waals surface area (Å²) < 4.78 is 111. The summed E-state index contributed by atoms with van der Waals surface area (Å²) in [7, 11) is -2.47. The summed E-state index contributed by atoms with van der Waals surface area (Å²) in [5.74, 6) is -2.72. The first-order valence-electron chi connectivity index (χ1n) is 14.0. The summed E-state index contributed by atoms with van der Waals surface area (Å²) in [6.45, 7) is 15.0. The molecule has 0 fully saturated rings. The van der Waals surface area contributed by atoms with Crippen molar-refractivity contribution < 1.29 is 40.1 Å². The van der Waals surface area contributed by atoms with Crippen molar-refractivity contribution in [3.8, 4) is 11.5 Å². The van der Waals surface area contributed by atoms with Crippen molar-refractivity contribution >= 4 is 19.7 Å². The number of alkyl halides is 4. The molecule has 0 aromatic heterocycles. The Labute approximate surface area is 259 Å². The van der Waals surface area contributed by atoms with Crippen LogP contribution >= 0.6 is 0 Å². The van der Waals surface area contributed by atoms with E-state index >= 15 is 8.78 Å². The van der Waals surface area contributed by atoms with E-state index in [9.17, 15) is 22.1 Å². The van der Waals surface area contributed by atoms with Gasteiger partial charge in [-0.1, -0.05) is 57.2 Å². The molecule has 0 saturated heterocycles. The maximum atomic E-state index is 15.9. The van der Waals surface area contributed by atoms with E-state index in [-0.39, 0.29) is 28.3 Å². The van der Waals surface area contributed by atoms with Crippen LogP contribution in [0.1, 0.15) is 58.2 Å². The largest absolute Gasteiger partial charge is 0.598 e. The second kappa shape index (κ2) is 13.0. The van der Waals surface area contributed by atoms with E-state index in [2.05, 4.69) is 9.46 Å². The monoisotopic (exact) mass is 659 g/mol. The van der Waals surface area contributed by atoms with Gasteiger partial charge in [0.05, 0.1) is 0 Å². The molecule has 1 N–H and O–H groups in total. The molecule has 0 aliphatic heterocycles. The van der Waals surface area contributed by atoms with E-state index in [1.165, 1.54) is 12.1 Å². The van der Waals surface area contributed by atoms with Gasteiger partial charge in [-0.05, 0) is 79.9 Å².